The van der Waals surface area contributed by atoms with Crippen LogP contribution in [0.2, 0.25) is 0 Å². The van der Waals surface area contributed by atoms with E-state index in [0.29, 0.717) is 39.9 Å². The average Bonchev–Trinajstić information content (AvgIpc) is 2.86. The van der Waals surface area contributed by atoms with Crippen LogP contribution in [0.4, 0.5) is 11.4 Å². The molecule has 0 heterocycles. The summed E-state index contributed by atoms with van der Waals surface area (Å²) in [5.41, 5.74) is 9.20. The van der Waals surface area contributed by atoms with Crippen molar-refractivity contribution in [2.45, 2.75) is 0 Å². The Kier molecular flexibility index (Phi) is 8.80. The third-order valence-electron chi connectivity index (χ3n) is 5.13. The summed E-state index contributed by atoms with van der Waals surface area (Å²) < 4.78 is 22.5. The highest BCUT2D eigenvalue weighted by molar-refractivity contribution is 9.10. The molecule has 0 aliphatic carbocycles. The SMILES string of the molecule is COc1cc(/C=C\c2cc(Br)c(OC)c(N/C=C\C(=O)c3ccccc3N)c2)cc(OC)c1OC. The topological polar surface area (TPSA) is 92.0 Å². The molecule has 182 valence electrons. The van der Waals surface area contributed by atoms with Crippen LogP contribution >= 0.6 is 15.9 Å². The van der Waals surface area contributed by atoms with E-state index in [4.69, 9.17) is 24.7 Å². The van der Waals surface area contributed by atoms with Crippen molar-refractivity contribution in [3.63, 3.8) is 0 Å². The number of anilines is 2. The quantitative estimate of drug-likeness (QED) is 0.140. The smallest absolute Gasteiger partial charge is 0.203 e. The Balaban J connectivity index is 1.86. The fraction of sp³-hybridized carbons (Fsp3) is 0.148. The summed E-state index contributed by atoms with van der Waals surface area (Å²) >= 11 is 3.55. The first-order valence-corrected chi connectivity index (χ1v) is 11.4. The highest BCUT2D eigenvalue weighted by atomic mass is 79.9. The molecule has 0 saturated carbocycles. The zero-order chi connectivity index (χ0) is 25.4. The van der Waals surface area contributed by atoms with Gasteiger partial charge in [-0.25, -0.2) is 0 Å². The molecule has 7 nitrogen and oxygen atoms in total. The molecule has 3 rings (SSSR count). The van der Waals surface area contributed by atoms with Gasteiger partial charge in [0, 0.05) is 23.5 Å². The Bertz CT molecular complexity index is 1250. The predicted octanol–water partition coefficient (Wildman–Crippen LogP) is 6.04. The third-order valence-corrected chi connectivity index (χ3v) is 5.71. The Morgan fingerprint density at radius 2 is 1.46 bits per heavy atom. The summed E-state index contributed by atoms with van der Waals surface area (Å²) in [7, 11) is 6.30. The molecule has 8 heteroatoms. The lowest BCUT2D eigenvalue weighted by Gasteiger charge is -2.13. The van der Waals surface area contributed by atoms with Crippen molar-refractivity contribution >= 4 is 45.2 Å². The lowest BCUT2D eigenvalue weighted by Crippen LogP contribution is -2.01. The summed E-state index contributed by atoms with van der Waals surface area (Å²) in [4.78, 5) is 12.5. The zero-order valence-electron chi connectivity index (χ0n) is 19.9. The van der Waals surface area contributed by atoms with E-state index in [1.807, 2.05) is 36.4 Å². The number of ketones is 1. The van der Waals surface area contributed by atoms with E-state index >= 15 is 0 Å². The van der Waals surface area contributed by atoms with Gasteiger partial charge in [0.1, 0.15) is 0 Å². The van der Waals surface area contributed by atoms with Gasteiger partial charge in [-0.15, -0.1) is 0 Å². The lowest BCUT2D eigenvalue weighted by atomic mass is 10.1. The van der Waals surface area contributed by atoms with Crippen LogP contribution in [0.15, 0.2) is 65.3 Å². The number of ether oxygens (including phenoxy) is 4. The van der Waals surface area contributed by atoms with E-state index in [9.17, 15) is 4.79 Å². The number of nitrogen functional groups attached to an aromatic ring is 1. The van der Waals surface area contributed by atoms with Crippen molar-refractivity contribution in [3.05, 3.63) is 82.0 Å². The van der Waals surface area contributed by atoms with Crippen LogP contribution in [0, 0.1) is 0 Å². The highest BCUT2D eigenvalue weighted by Crippen LogP contribution is 2.39. The second-order valence-electron chi connectivity index (χ2n) is 7.30. The van der Waals surface area contributed by atoms with E-state index in [-0.39, 0.29) is 5.78 Å². The monoisotopic (exact) mass is 538 g/mol. The second kappa shape index (κ2) is 12.0. The molecule has 3 aromatic carbocycles. The number of hydrogen-bond donors (Lipinski definition) is 2. The second-order valence-corrected chi connectivity index (χ2v) is 8.16. The molecule has 0 unspecified atom stereocenters. The Morgan fingerprint density at radius 3 is 2.03 bits per heavy atom. The van der Waals surface area contributed by atoms with Crippen molar-refractivity contribution in [3.8, 4) is 23.0 Å². The number of nitrogens with one attached hydrogen (secondary N) is 1. The van der Waals surface area contributed by atoms with E-state index in [1.165, 1.54) is 6.08 Å². The molecule has 0 saturated heterocycles. The predicted molar refractivity (Wildman–Crippen MR) is 144 cm³/mol. The average molecular weight is 539 g/mol. The normalized spacial score (nSPS) is 11.0. The number of nitrogens with two attached hydrogens (primary N) is 1. The van der Waals surface area contributed by atoms with Gasteiger partial charge in [-0.1, -0.05) is 24.3 Å². The third kappa shape index (κ3) is 6.16. The number of benzene rings is 3. The zero-order valence-corrected chi connectivity index (χ0v) is 21.5. The first-order chi connectivity index (χ1) is 16.9. The van der Waals surface area contributed by atoms with Crippen molar-refractivity contribution in [1.29, 1.82) is 0 Å². The first kappa shape index (κ1) is 25.7. The van der Waals surface area contributed by atoms with Gasteiger partial charge in [0.15, 0.2) is 23.0 Å². The number of para-hydroxylation sites is 1. The first-order valence-electron chi connectivity index (χ1n) is 10.6. The molecular weight excluding hydrogens is 512 g/mol. The van der Waals surface area contributed by atoms with E-state index in [2.05, 4.69) is 21.2 Å². The summed E-state index contributed by atoms with van der Waals surface area (Å²) in [6.45, 7) is 0. The van der Waals surface area contributed by atoms with Crippen LogP contribution in [0.25, 0.3) is 12.2 Å². The van der Waals surface area contributed by atoms with Crippen molar-refractivity contribution in [2.75, 3.05) is 39.5 Å². The lowest BCUT2D eigenvalue weighted by molar-refractivity contribution is 0.104. The van der Waals surface area contributed by atoms with Crippen molar-refractivity contribution in [2.24, 2.45) is 0 Å². The van der Waals surface area contributed by atoms with Crippen LogP contribution in [0.5, 0.6) is 23.0 Å². The molecule has 0 amide bonds. The summed E-state index contributed by atoms with van der Waals surface area (Å²) in [5.74, 6) is 2.07. The van der Waals surface area contributed by atoms with Gasteiger partial charge in [-0.2, -0.15) is 0 Å². The minimum atomic E-state index is -0.202. The molecule has 35 heavy (non-hydrogen) atoms. The molecule has 3 aromatic rings. The molecule has 0 spiro atoms. The molecule has 0 bridgehead atoms. The van der Waals surface area contributed by atoms with Crippen LogP contribution in [0.1, 0.15) is 21.5 Å². The molecule has 3 N–H and O–H groups in total. The van der Waals surface area contributed by atoms with E-state index in [1.54, 1.807) is 58.9 Å². The maximum atomic E-state index is 12.5. The number of allylic oxidation sites excluding steroid dienone is 1. The van der Waals surface area contributed by atoms with Crippen LogP contribution in [-0.2, 0) is 0 Å². The minimum Gasteiger partial charge on any atom is -0.493 e. The number of carbonyl (C=O) groups excluding carboxylic acids is 1. The number of hydrogen-bond acceptors (Lipinski definition) is 7. The van der Waals surface area contributed by atoms with Crippen LogP contribution in [-0.4, -0.2) is 34.2 Å². The van der Waals surface area contributed by atoms with Gasteiger partial charge in [0.05, 0.1) is 38.6 Å². The van der Waals surface area contributed by atoms with Gasteiger partial charge in [-0.3, -0.25) is 4.79 Å². The van der Waals surface area contributed by atoms with Gasteiger partial charge < -0.3 is 30.0 Å². The van der Waals surface area contributed by atoms with Gasteiger partial charge >= 0.3 is 0 Å². The molecular formula is C27H27BrN2O5. The number of rotatable bonds is 10. The number of carbonyl (C=O) groups is 1. The maximum Gasteiger partial charge on any atom is 0.203 e. The molecule has 0 fully saturated rings. The fourth-order valence-corrected chi connectivity index (χ4v) is 4.07. The largest absolute Gasteiger partial charge is 0.493 e. The van der Waals surface area contributed by atoms with Crippen LogP contribution in [0.3, 0.4) is 0 Å². The van der Waals surface area contributed by atoms with Gasteiger partial charge in [0.25, 0.3) is 0 Å². The highest BCUT2D eigenvalue weighted by Gasteiger charge is 2.13. The Hall–Kier alpha value is -3.91. The molecule has 0 aliphatic rings. The number of methoxy groups -OCH3 is 4. The summed E-state index contributed by atoms with van der Waals surface area (Å²) in [6, 6.07) is 14.5. The van der Waals surface area contributed by atoms with Crippen LogP contribution < -0.4 is 30.0 Å². The van der Waals surface area contributed by atoms with Gasteiger partial charge in [0.2, 0.25) is 5.75 Å². The molecule has 0 aliphatic heterocycles. The van der Waals surface area contributed by atoms with Crippen molar-refractivity contribution < 1.29 is 23.7 Å². The maximum absolute atomic E-state index is 12.5. The standard InChI is InChI=1S/C27H27BrN2O5/c1-32-24-15-18(16-25(33-2)27(24)35-4)10-9-17-13-20(28)26(34-3)22(14-17)30-12-11-23(31)19-7-5-6-8-21(19)29/h5-16,30H,29H2,1-4H3/b10-9-,12-11-. The van der Waals surface area contributed by atoms with Gasteiger partial charge in [-0.05, 0) is 63.5 Å². The Morgan fingerprint density at radius 1 is 0.857 bits per heavy atom. The fourth-order valence-electron chi connectivity index (χ4n) is 3.43. The van der Waals surface area contributed by atoms with E-state index < -0.39 is 0 Å². The van der Waals surface area contributed by atoms with E-state index in [0.717, 1.165) is 15.6 Å². The molecule has 0 radical (unpaired) electrons. The molecule has 0 atom stereocenters. The van der Waals surface area contributed by atoms with Crippen molar-refractivity contribution in [1.82, 2.24) is 0 Å². The molecule has 0 aromatic heterocycles. The summed E-state index contributed by atoms with van der Waals surface area (Å²) in [5, 5.41) is 3.13. The Labute approximate surface area is 213 Å². The minimum absolute atomic E-state index is 0.202. The summed E-state index contributed by atoms with van der Waals surface area (Å²) in [6.07, 6.45) is 6.86. The number of halogens is 1.